The van der Waals surface area contributed by atoms with Crippen LogP contribution in [0.25, 0.3) is 0 Å². The smallest absolute Gasteiger partial charge is 0.0346 e. The quantitative estimate of drug-likeness (QED) is 0.438. The Labute approximate surface area is 72.4 Å². The van der Waals surface area contributed by atoms with Crippen molar-refractivity contribution in [3.63, 3.8) is 0 Å². The molecule has 0 fully saturated rings. The molecular formula is C8H11AlN. The van der Waals surface area contributed by atoms with Crippen LogP contribution in [-0.4, -0.2) is 17.4 Å². The van der Waals surface area contributed by atoms with Gasteiger partial charge in [0.05, 0.1) is 0 Å². The lowest BCUT2D eigenvalue weighted by Crippen LogP contribution is -1.90. The number of hydrogen-bond donors (Lipinski definition) is 1. The fourth-order valence-corrected chi connectivity index (χ4v) is 0.774. The van der Waals surface area contributed by atoms with Crippen LogP contribution in [0.3, 0.4) is 0 Å². The summed E-state index contributed by atoms with van der Waals surface area (Å²) in [5.41, 5.74) is 8.96. The second-order valence-electron chi connectivity index (χ2n) is 2.29. The third-order valence-corrected chi connectivity index (χ3v) is 1.65. The Morgan fingerprint density at radius 2 is 1.80 bits per heavy atom. The van der Waals surface area contributed by atoms with Crippen molar-refractivity contribution in [2.45, 2.75) is 13.8 Å². The molecule has 51 valence electrons. The number of anilines is 1. The van der Waals surface area contributed by atoms with E-state index in [1.165, 1.54) is 11.1 Å². The summed E-state index contributed by atoms with van der Waals surface area (Å²) >= 11 is 0. The van der Waals surface area contributed by atoms with E-state index in [0.717, 1.165) is 5.69 Å². The topological polar surface area (TPSA) is 26.0 Å². The van der Waals surface area contributed by atoms with Crippen LogP contribution in [0.5, 0.6) is 0 Å². The van der Waals surface area contributed by atoms with Crippen LogP contribution in [0.15, 0.2) is 18.2 Å². The van der Waals surface area contributed by atoms with Gasteiger partial charge in [-0.25, -0.2) is 0 Å². The fraction of sp³-hybridized carbons (Fsp3) is 0.250. The van der Waals surface area contributed by atoms with Crippen LogP contribution < -0.4 is 5.73 Å². The second kappa shape index (κ2) is 3.66. The molecule has 1 aromatic rings. The summed E-state index contributed by atoms with van der Waals surface area (Å²) in [6.45, 7) is 4.09. The van der Waals surface area contributed by atoms with E-state index in [9.17, 15) is 0 Å². The van der Waals surface area contributed by atoms with Crippen molar-refractivity contribution >= 4 is 23.0 Å². The monoisotopic (exact) mass is 148 g/mol. The summed E-state index contributed by atoms with van der Waals surface area (Å²) in [7, 11) is 0. The van der Waals surface area contributed by atoms with Crippen LogP contribution >= 0.6 is 0 Å². The Balaban J connectivity index is 0.000000810. The van der Waals surface area contributed by atoms with E-state index in [1.807, 2.05) is 19.1 Å². The highest BCUT2D eigenvalue weighted by Gasteiger charge is 1.92. The molecule has 0 saturated carbocycles. The maximum Gasteiger partial charge on any atom is 0.0346 e. The van der Waals surface area contributed by atoms with E-state index in [1.54, 1.807) is 0 Å². The van der Waals surface area contributed by atoms with Gasteiger partial charge in [0, 0.05) is 23.0 Å². The molecule has 0 unspecified atom stereocenters. The molecule has 0 aliphatic carbocycles. The molecule has 10 heavy (non-hydrogen) atoms. The molecule has 0 spiro atoms. The molecule has 1 nitrogen and oxygen atoms in total. The third kappa shape index (κ3) is 1.77. The number of nitrogen functional groups attached to an aromatic ring is 1. The Hall–Kier alpha value is -0.448. The molecule has 0 amide bonds. The molecule has 0 saturated heterocycles. The maximum absolute atomic E-state index is 5.62. The fourth-order valence-electron chi connectivity index (χ4n) is 0.774. The minimum atomic E-state index is 0. The number of aryl methyl sites for hydroxylation is 1. The first kappa shape index (κ1) is 9.55. The van der Waals surface area contributed by atoms with Gasteiger partial charge in [0.25, 0.3) is 0 Å². The molecule has 0 aliphatic rings. The summed E-state index contributed by atoms with van der Waals surface area (Å²) in [5.74, 6) is 0. The molecule has 0 aromatic heterocycles. The van der Waals surface area contributed by atoms with Crippen molar-refractivity contribution in [3.8, 4) is 0 Å². The highest BCUT2D eigenvalue weighted by atomic mass is 27.0. The first-order valence-corrected chi connectivity index (χ1v) is 3.03. The Morgan fingerprint density at radius 1 is 1.20 bits per heavy atom. The highest BCUT2D eigenvalue weighted by Crippen LogP contribution is 2.13. The van der Waals surface area contributed by atoms with Crippen LogP contribution in [0.2, 0.25) is 0 Å². The largest absolute Gasteiger partial charge is 0.399 e. The van der Waals surface area contributed by atoms with Gasteiger partial charge in [-0.1, -0.05) is 12.1 Å². The van der Waals surface area contributed by atoms with E-state index in [2.05, 4.69) is 13.0 Å². The summed E-state index contributed by atoms with van der Waals surface area (Å²) in [5, 5.41) is 0. The lowest BCUT2D eigenvalue weighted by molar-refractivity contribution is 1.35. The predicted molar refractivity (Wildman–Crippen MR) is 46.1 cm³/mol. The van der Waals surface area contributed by atoms with Gasteiger partial charge in [-0.05, 0) is 31.0 Å². The molecule has 3 radical (unpaired) electrons. The summed E-state index contributed by atoms with van der Waals surface area (Å²) in [4.78, 5) is 0. The minimum Gasteiger partial charge on any atom is -0.399 e. The van der Waals surface area contributed by atoms with E-state index in [0.29, 0.717) is 0 Å². The van der Waals surface area contributed by atoms with E-state index >= 15 is 0 Å². The van der Waals surface area contributed by atoms with Gasteiger partial charge in [0.2, 0.25) is 0 Å². The lowest BCUT2D eigenvalue weighted by Gasteiger charge is -2.00. The van der Waals surface area contributed by atoms with Crippen molar-refractivity contribution in [1.82, 2.24) is 0 Å². The summed E-state index contributed by atoms with van der Waals surface area (Å²) in [6, 6.07) is 5.95. The van der Waals surface area contributed by atoms with E-state index in [4.69, 9.17) is 5.73 Å². The van der Waals surface area contributed by atoms with Crippen molar-refractivity contribution in [3.05, 3.63) is 29.3 Å². The molecule has 2 heteroatoms. The third-order valence-electron chi connectivity index (χ3n) is 1.65. The summed E-state index contributed by atoms with van der Waals surface area (Å²) in [6.07, 6.45) is 0. The molecule has 1 aromatic carbocycles. The van der Waals surface area contributed by atoms with Crippen LogP contribution in [0.4, 0.5) is 5.69 Å². The Morgan fingerprint density at radius 3 is 2.20 bits per heavy atom. The van der Waals surface area contributed by atoms with Gasteiger partial charge in [-0.2, -0.15) is 0 Å². The zero-order chi connectivity index (χ0) is 6.85. The number of hydrogen-bond acceptors (Lipinski definition) is 1. The maximum atomic E-state index is 5.62. The lowest BCUT2D eigenvalue weighted by atomic mass is 10.1. The average molecular weight is 148 g/mol. The average Bonchev–Trinajstić information content (AvgIpc) is 1.83. The zero-order valence-electron chi connectivity index (χ0n) is 6.39. The van der Waals surface area contributed by atoms with Gasteiger partial charge in [-0.15, -0.1) is 0 Å². The molecule has 0 aliphatic heterocycles. The number of nitrogens with two attached hydrogens (primary N) is 1. The second-order valence-corrected chi connectivity index (χ2v) is 2.29. The predicted octanol–water partition coefficient (Wildman–Crippen LogP) is 1.50. The number of benzene rings is 1. The standard InChI is InChI=1S/C8H11N.Al/c1-6-4-3-5-8(9)7(6)2;/h3-5H,9H2,1-2H3;. The van der Waals surface area contributed by atoms with Crippen molar-refractivity contribution in [1.29, 1.82) is 0 Å². The van der Waals surface area contributed by atoms with Gasteiger partial charge in [-0.3, -0.25) is 0 Å². The minimum absolute atomic E-state index is 0. The molecular weight excluding hydrogens is 137 g/mol. The van der Waals surface area contributed by atoms with E-state index in [-0.39, 0.29) is 17.4 Å². The summed E-state index contributed by atoms with van der Waals surface area (Å²) < 4.78 is 0. The van der Waals surface area contributed by atoms with Crippen LogP contribution in [0, 0.1) is 13.8 Å². The first-order chi connectivity index (χ1) is 4.22. The van der Waals surface area contributed by atoms with Gasteiger partial charge < -0.3 is 5.73 Å². The normalized spacial score (nSPS) is 8.60. The molecule has 1 rings (SSSR count). The van der Waals surface area contributed by atoms with Gasteiger partial charge in [0.1, 0.15) is 0 Å². The number of rotatable bonds is 0. The first-order valence-electron chi connectivity index (χ1n) is 3.03. The Kier molecular flexibility index (Phi) is 3.49. The Bertz CT molecular complexity index is 200. The van der Waals surface area contributed by atoms with Crippen LogP contribution in [0.1, 0.15) is 11.1 Å². The van der Waals surface area contributed by atoms with Gasteiger partial charge >= 0.3 is 0 Å². The highest BCUT2D eigenvalue weighted by molar-refractivity contribution is 5.75. The molecule has 0 bridgehead atoms. The zero-order valence-corrected chi connectivity index (χ0v) is 7.54. The molecule has 0 atom stereocenters. The SMILES string of the molecule is Cc1cccc(N)c1C.[Al]. The molecule has 0 heterocycles. The van der Waals surface area contributed by atoms with E-state index < -0.39 is 0 Å². The molecule has 2 N–H and O–H groups in total. The van der Waals surface area contributed by atoms with Gasteiger partial charge in [0.15, 0.2) is 0 Å². The van der Waals surface area contributed by atoms with Crippen LogP contribution in [-0.2, 0) is 0 Å². The van der Waals surface area contributed by atoms with Crippen molar-refractivity contribution < 1.29 is 0 Å². The van der Waals surface area contributed by atoms with Crippen molar-refractivity contribution in [2.75, 3.05) is 5.73 Å². The van der Waals surface area contributed by atoms with Crippen molar-refractivity contribution in [2.24, 2.45) is 0 Å².